The van der Waals surface area contributed by atoms with Crippen LogP contribution in [0.5, 0.6) is 0 Å². The van der Waals surface area contributed by atoms with E-state index >= 15 is 0 Å². The molecule has 4 unspecified atom stereocenters. The number of fused-ring (bicyclic) bond motifs is 2. The van der Waals surface area contributed by atoms with E-state index in [4.69, 9.17) is 11.0 Å². The van der Waals surface area contributed by atoms with Crippen molar-refractivity contribution in [1.82, 2.24) is 0 Å². The van der Waals surface area contributed by atoms with Crippen molar-refractivity contribution in [3.63, 3.8) is 0 Å². The van der Waals surface area contributed by atoms with Crippen molar-refractivity contribution in [3.05, 3.63) is 0 Å². The molecule has 0 spiro atoms. The van der Waals surface area contributed by atoms with Gasteiger partial charge in [-0.15, -0.1) is 0 Å². The van der Waals surface area contributed by atoms with Crippen LogP contribution in [0.2, 0.25) is 0 Å². The molecule has 2 N–H and O–H groups in total. The van der Waals surface area contributed by atoms with Gasteiger partial charge < -0.3 is 5.73 Å². The molecule has 2 rings (SSSR count). The predicted octanol–water partition coefficient (Wildman–Crippen LogP) is 0.883. The number of rotatable bonds is 0. The van der Waals surface area contributed by atoms with Crippen molar-refractivity contribution in [2.75, 3.05) is 0 Å². The monoisotopic (exact) mass is 136 g/mol. The molecule has 0 aromatic rings. The summed E-state index contributed by atoms with van der Waals surface area (Å²) in [5, 5.41) is 8.70. The fraction of sp³-hybridized carbons (Fsp3) is 0.875. The van der Waals surface area contributed by atoms with Crippen LogP contribution in [0, 0.1) is 29.1 Å². The molecule has 0 amide bonds. The van der Waals surface area contributed by atoms with Crippen LogP contribution < -0.4 is 5.73 Å². The molecule has 2 aliphatic carbocycles. The molecule has 54 valence electrons. The van der Waals surface area contributed by atoms with Gasteiger partial charge in [-0.2, -0.15) is 5.26 Å². The van der Waals surface area contributed by atoms with Crippen LogP contribution in [0.4, 0.5) is 0 Å². The van der Waals surface area contributed by atoms with Gasteiger partial charge in [0.2, 0.25) is 0 Å². The van der Waals surface area contributed by atoms with Gasteiger partial charge in [0.25, 0.3) is 0 Å². The fourth-order valence-electron chi connectivity index (χ4n) is 2.55. The SMILES string of the molecule is N#CC1CC2CC(N)C1C2. The van der Waals surface area contributed by atoms with E-state index in [1.807, 2.05) is 0 Å². The van der Waals surface area contributed by atoms with E-state index < -0.39 is 0 Å². The summed E-state index contributed by atoms with van der Waals surface area (Å²) in [7, 11) is 0. The summed E-state index contributed by atoms with van der Waals surface area (Å²) in [6.45, 7) is 0. The Morgan fingerprint density at radius 3 is 2.50 bits per heavy atom. The van der Waals surface area contributed by atoms with E-state index in [-0.39, 0.29) is 5.92 Å². The summed E-state index contributed by atoms with van der Waals surface area (Å²) >= 11 is 0. The minimum atomic E-state index is 0.286. The second-order valence-electron chi connectivity index (χ2n) is 3.64. The fourth-order valence-corrected chi connectivity index (χ4v) is 2.55. The summed E-state index contributed by atoms with van der Waals surface area (Å²) in [6, 6.07) is 2.68. The number of hydrogen-bond acceptors (Lipinski definition) is 2. The third-order valence-electron chi connectivity index (χ3n) is 3.03. The highest BCUT2D eigenvalue weighted by Gasteiger charge is 2.44. The summed E-state index contributed by atoms with van der Waals surface area (Å²) < 4.78 is 0. The Labute approximate surface area is 61.0 Å². The highest BCUT2D eigenvalue weighted by Crippen LogP contribution is 2.47. The van der Waals surface area contributed by atoms with Crippen LogP contribution in [-0.4, -0.2) is 6.04 Å². The topological polar surface area (TPSA) is 49.8 Å². The molecular formula is C8H12N2. The lowest BCUT2D eigenvalue weighted by molar-refractivity contribution is 0.353. The van der Waals surface area contributed by atoms with Gasteiger partial charge in [-0.1, -0.05) is 0 Å². The average Bonchev–Trinajstić information content (AvgIpc) is 2.44. The van der Waals surface area contributed by atoms with Gasteiger partial charge in [0.05, 0.1) is 12.0 Å². The zero-order valence-electron chi connectivity index (χ0n) is 5.96. The standard InChI is InChI=1S/C8H12N2/c9-4-6-1-5-2-7(6)8(10)3-5/h5-8H,1-3,10H2. The molecule has 2 bridgehead atoms. The van der Waals surface area contributed by atoms with Crippen molar-refractivity contribution in [2.24, 2.45) is 23.5 Å². The van der Waals surface area contributed by atoms with Crippen LogP contribution in [0.25, 0.3) is 0 Å². The molecule has 2 aliphatic rings. The first-order valence-electron chi connectivity index (χ1n) is 3.96. The van der Waals surface area contributed by atoms with Crippen LogP contribution in [0.3, 0.4) is 0 Å². The first-order valence-corrected chi connectivity index (χ1v) is 3.96. The van der Waals surface area contributed by atoms with Gasteiger partial charge in [-0.05, 0) is 31.1 Å². The van der Waals surface area contributed by atoms with Crippen molar-refractivity contribution >= 4 is 0 Å². The molecule has 0 aliphatic heterocycles. The largest absolute Gasteiger partial charge is 0.327 e. The van der Waals surface area contributed by atoms with Crippen molar-refractivity contribution in [2.45, 2.75) is 25.3 Å². The Morgan fingerprint density at radius 2 is 2.10 bits per heavy atom. The van der Waals surface area contributed by atoms with Gasteiger partial charge in [-0.25, -0.2) is 0 Å². The second-order valence-corrected chi connectivity index (χ2v) is 3.64. The van der Waals surface area contributed by atoms with E-state index in [1.54, 1.807) is 0 Å². The lowest BCUT2D eigenvalue weighted by Crippen LogP contribution is -2.31. The lowest BCUT2D eigenvalue weighted by Gasteiger charge is -2.20. The number of nitriles is 1. The van der Waals surface area contributed by atoms with Gasteiger partial charge in [0.1, 0.15) is 0 Å². The highest BCUT2D eigenvalue weighted by molar-refractivity contribution is 5.04. The predicted molar refractivity (Wildman–Crippen MR) is 37.9 cm³/mol. The Hall–Kier alpha value is -0.550. The quantitative estimate of drug-likeness (QED) is 0.537. The first-order chi connectivity index (χ1) is 4.81. The van der Waals surface area contributed by atoms with Crippen LogP contribution in [0.15, 0.2) is 0 Å². The Kier molecular flexibility index (Phi) is 1.21. The molecular weight excluding hydrogens is 124 g/mol. The van der Waals surface area contributed by atoms with Gasteiger partial charge in [-0.3, -0.25) is 0 Å². The highest BCUT2D eigenvalue weighted by atomic mass is 14.7. The van der Waals surface area contributed by atoms with E-state index in [9.17, 15) is 0 Å². The van der Waals surface area contributed by atoms with Crippen molar-refractivity contribution in [1.29, 1.82) is 5.26 Å². The van der Waals surface area contributed by atoms with Crippen LogP contribution in [0.1, 0.15) is 19.3 Å². The lowest BCUT2D eigenvalue weighted by atomic mass is 9.87. The maximum Gasteiger partial charge on any atom is 0.0659 e. The molecule has 10 heavy (non-hydrogen) atoms. The molecule has 0 aromatic heterocycles. The minimum absolute atomic E-state index is 0.286. The summed E-state index contributed by atoms with van der Waals surface area (Å²) in [5.74, 6) is 1.60. The van der Waals surface area contributed by atoms with Gasteiger partial charge in [0.15, 0.2) is 0 Å². The van der Waals surface area contributed by atoms with Crippen LogP contribution >= 0.6 is 0 Å². The average molecular weight is 136 g/mol. The molecule has 2 nitrogen and oxygen atoms in total. The summed E-state index contributed by atoms with van der Waals surface area (Å²) in [4.78, 5) is 0. The normalized spacial score (nSPS) is 51.2. The molecule has 4 atom stereocenters. The van der Waals surface area contributed by atoms with E-state index in [0.717, 1.165) is 12.3 Å². The third kappa shape index (κ3) is 0.674. The molecule has 2 fully saturated rings. The van der Waals surface area contributed by atoms with Crippen molar-refractivity contribution in [3.8, 4) is 6.07 Å². The van der Waals surface area contributed by atoms with Crippen molar-refractivity contribution < 1.29 is 0 Å². The zero-order chi connectivity index (χ0) is 7.14. The Balaban J connectivity index is 2.14. The number of nitrogens with zero attached hydrogens (tertiary/aromatic N) is 1. The molecule has 2 saturated carbocycles. The van der Waals surface area contributed by atoms with Gasteiger partial charge in [0, 0.05) is 6.04 Å². The van der Waals surface area contributed by atoms with E-state index in [2.05, 4.69) is 6.07 Å². The maximum absolute atomic E-state index is 8.70. The zero-order valence-corrected chi connectivity index (χ0v) is 5.96. The Bertz CT molecular complexity index is 182. The smallest absolute Gasteiger partial charge is 0.0659 e. The summed E-state index contributed by atoms with van der Waals surface area (Å²) in [5.41, 5.74) is 5.83. The van der Waals surface area contributed by atoms with Gasteiger partial charge >= 0.3 is 0 Å². The molecule has 2 heteroatoms. The third-order valence-corrected chi connectivity index (χ3v) is 3.03. The molecule has 0 radical (unpaired) electrons. The van der Waals surface area contributed by atoms with Crippen LogP contribution in [-0.2, 0) is 0 Å². The van der Waals surface area contributed by atoms with E-state index in [0.29, 0.717) is 12.0 Å². The van der Waals surface area contributed by atoms with E-state index in [1.165, 1.54) is 12.8 Å². The molecule has 0 aromatic carbocycles. The first kappa shape index (κ1) is 6.18. The Morgan fingerprint density at radius 1 is 1.30 bits per heavy atom. The molecule has 0 saturated heterocycles. The number of nitrogens with two attached hydrogens (primary N) is 1. The second kappa shape index (κ2) is 1.96. The molecule has 0 heterocycles. The number of hydrogen-bond donors (Lipinski definition) is 1. The maximum atomic E-state index is 8.70. The minimum Gasteiger partial charge on any atom is -0.327 e. The summed E-state index contributed by atoms with van der Waals surface area (Å²) in [6.07, 6.45) is 3.51.